The third kappa shape index (κ3) is 4.02. The first-order valence-electron chi connectivity index (χ1n) is 6.64. The second-order valence-electron chi connectivity index (χ2n) is 5.28. The van der Waals surface area contributed by atoms with Crippen LogP contribution in [-0.4, -0.2) is 8.42 Å². The highest BCUT2D eigenvalue weighted by Gasteiger charge is 2.53. The first-order valence-corrected chi connectivity index (χ1v) is 12.4. The number of benzene rings is 2. The smallest absolute Gasteiger partial charge is 0.207 e. The maximum Gasteiger partial charge on any atom is 0.207 e. The summed E-state index contributed by atoms with van der Waals surface area (Å²) in [6.07, 6.45) is 0. The fourth-order valence-electron chi connectivity index (χ4n) is 2.12. The summed E-state index contributed by atoms with van der Waals surface area (Å²) in [5.41, 5.74) is 3.70. The zero-order valence-electron chi connectivity index (χ0n) is 12.4. The summed E-state index contributed by atoms with van der Waals surface area (Å²) in [5, 5.41) is 0. The van der Waals surface area contributed by atoms with Crippen molar-refractivity contribution in [3.8, 4) is 0 Å². The second kappa shape index (κ2) is 7.51. The second-order valence-corrected chi connectivity index (χ2v) is 21.0. The standard InChI is InChI=1S/C16H14I4O2S/c1-11-5-3-7-13(9-11)15(17,18)23(21,22)16(19,20)14-8-4-6-12(2)10-14/h3-10H,1-2H3. The van der Waals surface area contributed by atoms with Crippen molar-refractivity contribution in [1.29, 1.82) is 0 Å². The van der Waals surface area contributed by atoms with Crippen LogP contribution in [-0.2, 0) is 11.4 Å². The predicted molar refractivity (Wildman–Crippen MR) is 131 cm³/mol. The zero-order chi connectivity index (χ0) is 17.5. The van der Waals surface area contributed by atoms with Gasteiger partial charge in [-0.05, 0) is 115 Å². The van der Waals surface area contributed by atoms with Crippen LogP contribution in [0.25, 0.3) is 0 Å². The molecule has 0 radical (unpaired) electrons. The molecule has 0 saturated heterocycles. The molecule has 0 heterocycles. The summed E-state index contributed by atoms with van der Waals surface area (Å²) in [4.78, 5) is 0. The minimum Gasteiger partial charge on any atom is -0.224 e. The van der Waals surface area contributed by atoms with Crippen molar-refractivity contribution in [2.24, 2.45) is 0 Å². The van der Waals surface area contributed by atoms with E-state index in [9.17, 15) is 8.42 Å². The van der Waals surface area contributed by atoms with Gasteiger partial charge in [0.15, 0.2) is 0 Å². The van der Waals surface area contributed by atoms with E-state index in [1.54, 1.807) is 0 Å². The van der Waals surface area contributed by atoms with E-state index in [2.05, 4.69) is 90.4 Å². The van der Waals surface area contributed by atoms with Crippen molar-refractivity contribution < 1.29 is 8.42 Å². The first-order chi connectivity index (χ1) is 10.5. The minimum atomic E-state index is -3.53. The summed E-state index contributed by atoms with van der Waals surface area (Å²) in [5.74, 6) is 0. The average Bonchev–Trinajstić information content (AvgIpc) is 2.46. The molecule has 0 aliphatic carbocycles. The van der Waals surface area contributed by atoms with Crippen LogP contribution in [0.2, 0.25) is 0 Å². The van der Waals surface area contributed by atoms with Crippen molar-refractivity contribution >= 4 is 100 Å². The molecule has 0 fully saturated rings. The molecule has 2 nitrogen and oxygen atoms in total. The summed E-state index contributed by atoms with van der Waals surface area (Å²) in [6.45, 7) is 3.95. The van der Waals surface area contributed by atoms with Crippen LogP contribution < -0.4 is 0 Å². The van der Waals surface area contributed by atoms with Gasteiger partial charge < -0.3 is 0 Å². The molecule has 124 valence electrons. The quantitative estimate of drug-likeness (QED) is 0.267. The van der Waals surface area contributed by atoms with E-state index in [1.807, 2.05) is 62.4 Å². The molecule has 0 aromatic heterocycles. The number of halogens is 4. The Morgan fingerprint density at radius 2 is 1.09 bits per heavy atom. The van der Waals surface area contributed by atoms with E-state index < -0.39 is 11.4 Å². The van der Waals surface area contributed by atoms with Gasteiger partial charge in [0, 0.05) is 0 Å². The Bertz CT molecular complexity index is 766. The van der Waals surface area contributed by atoms with E-state index in [0.717, 1.165) is 22.3 Å². The van der Waals surface area contributed by atoms with Crippen LogP contribution >= 0.6 is 90.4 Å². The highest BCUT2D eigenvalue weighted by molar-refractivity contribution is 14.2. The molecule has 0 aliphatic rings. The fourth-order valence-corrected chi connectivity index (χ4v) is 13.7. The molecule has 0 spiro atoms. The van der Waals surface area contributed by atoms with Crippen LogP contribution in [0.15, 0.2) is 48.5 Å². The van der Waals surface area contributed by atoms with Crippen molar-refractivity contribution in [3.63, 3.8) is 0 Å². The van der Waals surface area contributed by atoms with Crippen LogP contribution in [0, 0.1) is 13.8 Å². The maximum atomic E-state index is 13.5. The molecule has 23 heavy (non-hydrogen) atoms. The first kappa shape index (κ1) is 20.6. The molecule has 0 atom stereocenters. The molecular weight excluding hydrogens is 764 g/mol. The van der Waals surface area contributed by atoms with E-state index in [1.165, 1.54) is 0 Å². The van der Waals surface area contributed by atoms with E-state index in [0.29, 0.717) is 0 Å². The lowest BCUT2D eigenvalue weighted by Gasteiger charge is -2.31. The Hall–Kier alpha value is 1.31. The van der Waals surface area contributed by atoms with Crippen LogP contribution in [0.1, 0.15) is 22.3 Å². The molecular formula is C16H14I4O2S. The topological polar surface area (TPSA) is 34.1 Å². The van der Waals surface area contributed by atoms with Crippen LogP contribution in [0.4, 0.5) is 0 Å². The molecule has 7 heteroatoms. The summed E-state index contributed by atoms with van der Waals surface area (Å²) >= 11 is 8.20. The highest BCUT2D eigenvalue weighted by atomic mass is 127. The zero-order valence-corrected chi connectivity index (χ0v) is 21.8. The molecule has 2 aromatic carbocycles. The lowest BCUT2D eigenvalue weighted by Crippen LogP contribution is -2.34. The number of aryl methyl sites for hydroxylation is 2. The fraction of sp³-hybridized carbons (Fsp3) is 0.250. The molecule has 2 rings (SSSR count). The molecule has 0 saturated carbocycles. The number of rotatable bonds is 4. The number of hydrogen-bond donors (Lipinski definition) is 0. The van der Waals surface area contributed by atoms with Gasteiger partial charge in [-0.15, -0.1) is 0 Å². The average molecular weight is 778 g/mol. The van der Waals surface area contributed by atoms with E-state index >= 15 is 0 Å². The maximum absolute atomic E-state index is 13.5. The molecule has 0 bridgehead atoms. The third-order valence-electron chi connectivity index (χ3n) is 3.38. The predicted octanol–water partition coefficient (Wildman–Crippen LogP) is 6.38. The van der Waals surface area contributed by atoms with Crippen LogP contribution in [0.5, 0.6) is 0 Å². The van der Waals surface area contributed by atoms with E-state index in [4.69, 9.17) is 0 Å². The third-order valence-corrected chi connectivity index (χ3v) is 14.7. The molecule has 0 amide bonds. The Labute approximate surface area is 192 Å². The largest absolute Gasteiger partial charge is 0.224 e. The Kier molecular flexibility index (Phi) is 6.73. The lowest BCUT2D eigenvalue weighted by molar-refractivity contribution is 0.592. The molecule has 0 aliphatic heterocycles. The number of sulfone groups is 1. The number of alkyl halides is 4. The van der Waals surface area contributed by atoms with Gasteiger partial charge in [0.05, 0.1) is 0 Å². The van der Waals surface area contributed by atoms with Crippen molar-refractivity contribution in [2.45, 2.75) is 15.4 Å². The Balaban J connectivity index is 2.60. The normalized spacial score (nSPS) is 13.1. The van der Waals surface area contributed by atoms with Gasteiger partial charge in [0.25, 0.3) is 0 Å². The molecule has 2 aromatic rings. The van der Waals surface area contributed by atoms with Gasteiger partial charge in [-0.25, -0.2) is 8.42 Å². The Morgan fingerprint density at radius 3 is 1.39 bits per heavy atom. The summed E-state index contributed by atoms with van der Waals surface area (Å²) in [6, 6.07) is 15.4. The monoisotopic (exact) mass is 778 g/mol. The van der Waals surface area contributed by atoms with Gasteiger partial charge >= 0.3 is 0 Å². The van der Waals surface area contributed by atoms with Crippen molar-refractivity contribution in [1.82, 2.24) is 0 Å². The van der Waals surface area contributed by atoms with Gasteiger partial charge in [-0.1, -0.05) is 59.7 Å². The Morgan fingerprint density at radius 1 is 0.739 bits per heavy atom. The van der Waals surface area contributed by atoms with Crippen LogP contribution in [0.3, 0.4) is 0 Å². The SMILES string of the molecule is Cc1cccc(C(I)(I)S(=O)(=O)C(I)(I)c2cccc(C)c2)c1. The molecule has 0 N–H and O–H groups in total. The number of hydrogen-bond acceptors (Lipinski definition) is 2. The van der Waals surface area contributed by atoms with Crippen molar-refractivity contribution in [3.05, 3.63) is 70.8 Å². The molecule has 0 unspecified atom stereocenters. The summed E-state index contributed by atoms with van der Waals surface area (Å²) < 4.78 is 24.9. The van der Waals surface area contributed by atoms with Gasteiger partial charge in [-0.2, -0.15) is 0 Å². The van der Waals surface area contributed by atoms with E-state index in [-0.39, 0.29) is 0 Å². The van der Waals surface area contributed by atoms with Gasteiger partial charge in [-0.3, -0.25) is 0 Å². The highest BCUT2D eigenvalue weighted by Crippen LogP contribution is 2.57. The summed E-state index contributed by atoms with van der Waals surface area (Å²) in [7, 11) is -3.53. The van der Waals surface area contributed by atoms with Gasteiger partial charge in [0.1, 0.15) is 0 Å². The minimum absolute atomic E-state index is 0.795. The lowest BCUT2D eigenvalue weighted by atomic mass is 10.2. The van der Waals surface area contributed by atoms with Gasteiger partial charge in [0.2, 0.25) is 11.4 Å². The van der Waals surface area contributed by atoms with Crippen molar-refractivity contribution in [2.75, 3.05) is 0 Å².